The van der Waals surface area contributed by atoms with E-state index >= 15 is 0 Å². The lowest BCUT2D eigenvalue weighted by Gasteiger charge is -2.46. The number of fused-ring (bicyclic) bond motifs is 3. The Morgan fingerprint density at radius 1 is 1.10 bits per heavy atom. The fourth-order valence-electron chi connectivity index (χ4n) is 6.00. The minimum atomic E-state index is -2.64. The second-order valence-corrected chi connectivity index (χ2v) is 10.2. The van der Waals surface area contributed by atoms with Crippen molar-refractivity contribution in [2.45, 2.75) is 31.4 Å². The van der Waals surface area contributed by atoms with E-state index in [0.717, 1.165) is 5.56 Å². The molecule has 0 aromatic heterocycles. The molecular weight excluding hydrogens is 528 g/mol. The first kappa shape index (κ1) is 26.5. The fraction of sp³-hybridized carbons (Fsp3) is 0.286. The molecule has 1 fully saturated rings. The molecule has 0 aliphatic heterocycles. The van der Waals surface area contributed by atoms with Crippen LogP contribution in [0.15, 0.2) is 53.3 Å². The smallest absolute Gasteiger partial charge is 0.255 e. The molecule has 0 spiro atoms. The first-order chi connectivity index (χ1) is 18.5. The van der Waals surface area contributed by atoms with Crippen molar-refractivity contribution in [1.82, 2.24) is 5.32 Å². The molecule has 2 aromatic carbocycles. The number of nitrogens with one attached hydrogen (secondary N) is 1. The molecule has 0 radical (unpaired) electrons. The van der Waals surface area contributed by atoms with E-state index in [1.165, 1.54) is 0 Å². The number of hydrogen-bond acceptors (Lipinski definition) is 8. The number of aromatic hydroxyl groups is 1. The quantitative estimate of drug-likeness (QED) is 0.240. The van der Waals surface area contributed by atoms with Gasteiger partial charge in [-0.1, -0.05) is 30.3 Å². The number of aliphatic hydroxyl groups excluding tert-OH is 2. The van der Waals surface area contributed by atoms with Crippen LogP contribution >= 0.6 is 11.6 Å². The van der Waals surface area contributed by atoms with E-state index in [4.69, 9.17) is 17.3 Å². The van der Waals surface area contributed by atoms with Crippen molar-refractivity contribution < 1.29 is 39.6 Å². The summed E-state index contributed by atoms with van der Waals surface area (Å²) in [6, 6.07) is 10.8. The molecule has 0 bridgehead atoms. The third-order valence-electron chi connectivity index (χ3n) is 7.82. The lowest BCUT2D eigenvalue weighted by atomic mass is 9.59. The van der Waals surface area contributed by atoms with Crippen molar-refractivity contribution >= 4 is 40.7 Å². The Morgan fingerprint density at radius 2 is 1.79 bits per heavy atom. The van der Waals surface area contributed by atoms with E-state index < -0.39 is 64.3 Å². The molecule has 2 aromatic rings. The second kappa shape index (κ2) is 9.55. The average Bonchev–Trinajstić information content (AvgIpc) is 2.90. The number of primary amides is 1. The van der Waals surface area contributed by atoms with Crippen LogP contribution in [0.4, 0.5) is 0 Å². The average molecular weight is 553 g/mol. The van der Waals surface area contributed by atoms with Gasteiger partial charge in [0.05, 0.1) is 5.56 Å². The molecule has 10 nitrogen and oxygen atoms in total. The van der Waals surface area contributed by atoms with E-state index in [9.17, 15) is 39.6 Å². The van der Waals surface area contributed by atoms with Gasteiger partial charge in [0.15, 0.2) is 11.4 Å². The zero-order chi connectivity index (χ0) is 28.2. The van der Waals surface area contributed by atoms with Gasteiger partial charge in [-0.15, -0.1) is 11.6 Å². The standard InChI is InChI=1S/C28H25ClN2O8/c29-10-19(33)31-11-14-8-16(12-4-2-1-3-5-12)17-7-13-6-15-9-18(32)22(27(30)38)26(37)28(15,39)25(36)20(13)24(35)21(17)23(14)34/h1-5,8,13,15,34-35,37,39H,6-7,9-11H2,(H2,30,38)(H,31,33)/t13-,15+,28+/m1/s1. The SMILES string of the molecule is NC(=O)C1=C(O)[C@@]2(O)C(=O)C3=C(O)c4c(O)c(CNC(=O)CCl)cc(-c5ccccc5)c4C[C@H]3C[C@H]2CC1=O. The van der Waals surface area contributed by atoms with Gasteiger partial charge in [0, 0.05) is 30.0 Å². The molecule has 202 valence electrons. The summed E-state index contributed by atoms with van der Waals surface area (Å²) >= 11 is 5.58. The lowest BCUT2D eigenvalue weighted by molar-refractivity contribution is -0.147. The number of aliphatic hydroxyl groups is 3. The minimum Gasteiger partial charge on any atom is -0.508 e. The Morgan fingerprint density at radius 3 is 2.44 bits per heavy atom. The lowest BCUT2D eigenvalue weighted by Crippen LogP contribution is -2.58. The number of carbonyl (C=O) groups is 4. The number of amides is 2. The van der Waals surface area contributed by atoms with Crippen molar-refractivity contribution in [1.29, 1.82) is 0 Å². The highest BCUT2D eigenvalue weighted by Crippen LogP contribution is 2.53. The summed E-state index contributed by atoms with van der Waals surface area (Å²) in [6.45, 7) is -0.121. The van der Waals surface area contributed by atoms with Crippen LogP contribution < -0.4 is 11.1 Å². The van der Waals surface area contributed by atoms with Crippen LogP contribution in [-0.4, -0.2) is 55.3 Å². The largest absolute Gasteiger partial charge is 0.508 e. The normalized spacial score (nSPS) is 24.2. The molecule has 1 saturated carbocycles. The van der Waals surface area contributed by atoms with Gasteiger partial charge in [0.2, 0.25) is 11.7 Å². The van der Waals surface area contributed by atoms with Crippen LogP contribution in [0.25, 0.3) is 16.9 Å². The summed E-state index contributed by atoms with van der Waals surface area (Å²) in [4.78, 5) is 49.9. The highest BCUT2D eigenvalue weighted by Gasteiger charge is 2.60. The molecular formula is C28H25ClN2O8. The highest BCUT2D eigenvalue weighted by molar-refractivity contribution is 6.27. The van der Waals surface area contributed by atoms with Crippen molar-refractivity contribution in [3.05, 3.63) is 70.0 Å². The first-order valence-corrected chi connectivity index (χ1v) is 12.8. The maximum atomic E-state index is 13.7. The van der Waals surface area contributed by atoms with Crippen molar-refractivity contribution in [2.75, 3.05) is 5.88 Å². The number of Topliss-reactive ketones (excluding diaryl/α,β-unsaturated/α-hetero) is 2. The molecule has 5 rings (SSSR count). The van der Waals surface area contributed by atoms with Crippen LogP contribution in [0, 0.1) is 11.8 Å². The van der Waals surface area contributed by atoms with Gasteiger partial charge in [-0.2, -0.15) is 0 Å². The Hall–Kier alpha value is -4.15. The number of rotatable bonds is 5. The zero-order valence-electron chi connectivity index (χ0n) is 20.5. The number of carbonyl (C=O) groups excluding carboxylic acids is 4. The maximum absolute atomic E-state index is 13.7. The monoisotopic (exact) mass is 552 g/mol. The number of benzene rings is 2. The second-order valence-electron chi connectivity index (χ2n) is 9.97. The third-order valence-corrected chi connectivity index (χ3v) is 8.07. The van der Waals surface area contributed by atoms with Crippen LogP contribution in [0.3, 0.4) is 0 Å². The predicted molar refractivity (Wildman–Crippen MR) is 139 cm³/mol. The van der Waals surface area contributed by atoms with Crippen LogP contribution in [0.2, 0.25) is 0 Å². The van der Waals surface area contributed by atoms with E-state index in [1.54, 1.807) is 6.07 Å². The summed E-state index contributed by atoms with van der Waals surface area (Å²) in [7, 11) is 0. The summed E-state index contributed by atoms with van der Waals surface area (Å²) < 4.78 is 0. The molecule has 39 heavy (non-hydrogen) atoms. The molecule has 7 N–H and O–H groups in total. The van der Waals surface area contributed by atoms with Crippen molar-refractivity contribution in [3.63, 3.8) is 0 Å². The van der Waals surface area contributed by atoms with Crippen LogP contribution in [-0.2, 0) is 32.1 Å². The molecule has 3 aliphatic carbocycles. The summed E-state index contributed by atoms with van der Waals surface area (Å²) in [5, 5.41) is 47.4. The molecule has 3 aliphatic rings. The molecule has 11 heteroatoms. The van der Waals surface area contributed by atoms with E-state index in [2.05, 4.69) is 5.32 Å². The molecule has 0 heterocycles. The predicted octanol–water partition coefficient (Wildman–Crippen LogP) is 1.95. The van der Waals surface area contributed by atoms with Gasteiger partial charge in [-0.05, 0) is 41.5 Å². The number of phenolic OH excluding ortho intramolecular Hbond substituents is 1. The minimum absolute atomic E-state index is 0.0332. The topological polar surface area (TPSA) is 187 Å². The Balaban J connectivity index is 1.72. The van der Waals surface area contributed by atoms with Crippen LogP contribution in [0.5, 0.6) is 5.75 Å². The number of nitrogens with two attached hydrogens (primary N) is 1. The Labute approximate surface area is 227 Å². The van der Waals surface area contributed by atoms with E-state index in [1.807, 2.05) is 30.3 Å². The number of phenols is 1. The highest BCUT2D eigenvalue weighted by atomic mass is 35.5. The summed E-state index contributed by atoms with van der Waals surface area (Å²) in [5.41, 5.74) is 3.66. The van der Waals surface area contributed by atoms with E-state index in [-0.39, 0.29) is 47.7 Å². The zero-order valence-corrected chi connectivity index (χ0v) is 21.3. The Bertz CT molecular complexity index is 1510. The molecule has 3 atom stereocenters. The molecule has 2 amide bonds. The van der Waals surface area contributed by atoms with Crippen molar-refractivity contribution in [2.24, 2.45) is 17.6 Å². The van der Waals surface area contributed by atoms with Gasteiger partial charge in [0.25, 0.3) is 5.91 Å². The third kappa shape index (κ3) is 3.98. The van der Waals surface area contributed by atoms with Crippen molar-refractivity contribution in [3.8, 4) is 16.9 Å². The van der Waals surface area contributed by atoms with Gasteiger partial charge in [-0.25, -0.2) is 0 Å². The van der Waals surface area contributed by atoms with Gasteiger partial charge in [0.1, 0.15) is 28.7 Å². The number of alkyl halides is 1. The van der Waals surface area contributed by atoms with Gasteiger partial charge < -0.3 is 31.5 Å². The van der Waals surface area contributed by atoms with Gasteiger partial charge >= 0.3 is 0 Å². The number of hydrogen-bond donors (Lipinski definition) is 6. The van der Waals surface area contributed by atoms with E-state index in [0.29, 0.717) is 11.1 Å². The first-order valence-electron chi connectivity index (χ1n) is 12.2. The molecule has 0 saturated heterocycles. The number of halogens is 1. The fourth-order valence-corrected chi connectivity index (χ4v) is 6.09. The number of ketones is 2. The van der Waals surface area contributed by atoms with Crippen LogP contribution in [0.1, 0.15) is 29.5 Å². The molecule has 0 unspecified atom stereocenters. The summed E-state index contributed by atoms with van der Waals surface area (Å²) in [5.74, 6) is -7.71. The maximum Gasteiger partial charge on any atom is 0.255 e. The van der Waals surface area contributed by atoms with Gasteiger partial charge in [-0.3, -0.25) is 19.2 Å². The summed E-state index contributed by atoms with van der Waals surface area (Å²) in [6.07, 6.45) is -0.191. The Kier molecular flexibility index (Phi) is 6.48.